The van der Waals surface area contributed by atoms with Crippen molar-refractivity contribution in [2.45, 2.75) is 32.9 Å². The third kappa shape index (κ3) is 4.25. The first-order valence-electron chi connectivity index (χ1n) is 6.52. The topological polar surface area (TPSA) is 78.7 Å². The van der Waals surface area contributed by atoms with Crippen molar-refractivity contribution in [3.05, 3.63) is 18.2 Å². The summed E-state index contributed by atoms with van der Waals surface area (Å²) in [5.41, 5.74) is 0. The second-order valence-corrected chi connectivity index (χ2v) is 5.02. The quantitative estimate of drug-likeness (QED) is 0.849. The Morgan fingerprint density at radius 3 is 2.55 bits per heavy atom. The first kappa shape index (κ1) is 16.0. The molecule has 0 saturated carbocycles. The number of hydrogen-bond donors (Lipinski definition) is 1. The van der Waals surface area contributed by atoms with Gasteiger partial charge in [0.2, 0.25) is 0 Å². The van der Waals surface area contributed by atoms with Gasteiger partial charge in [0.1, 0.15) is 5.82 Å². The highest BCUT2D eigenvalue weighted by molar-refractivity contribution is 5.75. The number of imidazole rings is 1. The minimum Gasteiger partial charge on any atom is -0.481 e. The number of amides is 2. The third-order valence-corrected chi connectivity index (χ3v) is 3.06. The Labute approximate surface area is 118 Å². The van der Waals surface area contributed by atoms with Gasteiger partial charge in [-0.25, -0.2) is 9.78 Å². The Balaban J connectivity index is 2.68. The number of aryl methyl sites for hydroxylation is 1. The van der Waals surface area contributed by atoms with Gasteiger partial charge >= 0.3 is 12.0 Å². The molecule has 1 rings (SSSR count). The Morgan fingerprint density at radius 2 is 2.10 bits per heavy atom. The summed E-state index contributed by atoms with van der Waals surface area (Å²) in [6, 6.07) is -0.241. The van der Waals surface area contributed by atoms with E-state index in [1.807, 2.05) is 31.7 Å². The summed E-state index contributed by atoms with van der Waals surface area (Å²) in [5.74, 6) is -0.127. The molecule has 0 aromatic carbocycles. The summed E-state index contributed by atoms with van der Waals surface area (Å²) in [4.78, 5) is 30.3. The van der Waals surface area contributed by atoms with Gasteiger partial charge in [-0.3, -0.25) is 4.79 Å². The predicted octanol–water partition coefficient (Wildman–Crippen LogP) is 1.16. The number of carboxylic acids is 1. The number of aliphatic carboxylic acids is 1. The zero-order chi connectivity index (χ0) is 15.3. The van der Waals surface area contributed by atoms with Crippen molar-refractivity contribution in [3.63, 3.8) is 0 Å². The van der Waals surface area contributed by atoms with Crippen LogP contribution in [0.2, 0.25) is 0 Å². The average molecular weight is 282 g/mol. The Kier molecular flexibility index (Phi) is 5.54. The molecule has 0 aliphatic carbocycles. The molecule has 7 heteroatoms. The number of urea groups is 1. The van der Waals surface area contributed by atoms with Gasteiger partial charge < -0.3 is 19.5 Å². The molecule has 0 atom stereocenters. The summed E-state index contributed by atoms with van der Waals surface area (Å²) >= 11 is 0. The van der Waals surface area contributed by atoms with Crippen LogP contribution in [0, 0.1) is 0 Å². The summed E-state index contributed by atoms with van der Waals surface area (Å²) in [6.45, 7) is 4.33. The maximum absolute atomic E-state index is 12.4. The summed E-state index contributed by atoms with van der Waals surface area (Å²) < 4.78 is 1.85. The number of hydrogen-bond acceptors (Lipinski definition) is 3. The van der Waals surface area contributed by atoms with Gasteiger partial charge in [-0.15, -0.1) is 0 Å². The van der Waals surface area contributed by atoms with Crippen LogP contribution < -0.4 is 0 Å². The van der Waals surface area contributed by atoms with Gasteiger partial charge in [0.15, 0.2) is 0 Å². The highest BCUT2D eigenvalue weighted by Gasteiger charge is 2.22. The molecule has 20 heavy (non-hydrogen) atoms. The first-order valence-corrected chi connectivity index (χ1v) is 6.52. The SMILES string of the molecule is CC(C)N(CCC(=O)O)C(=O)N(C)Cc1nccn1C. The molecule has 0 bridgehead atoms. The van der Waals surface area contributed by atoms with E-state index in [1.165, 1.54) is 0 Å². The number of carboxylic acid groups (broad SMARTS) is 1. The number of nitrogens with zero attached hydrogens (tertiary/aromatic N) is 4. The molecular weight excluding hydrogens is 260 g/mol. The Bertz CT molecular complexity index is 470. The van der Waals surface area contributed by atoms with Crippen molar-refractivity contribution in [1.82, 2.24) is 19.4 Å². The Morgan fingerprint density at radius 1 is 1.45 bits per heavy atom. The highest BCUT2D eigenvalue weighted by Crippen LogP contribution is 2.08. The minimum atomic E-state index is -0.907. The van der Waals surface area contributed by atoms with Gasteiger partial charge in [0, 0.05) is 39.1 Å². The summed E-state index contributed by atoms with van der Waals surface area (Å²) in [5, 5.41) is 8.74. The molecule has 0 spiro atoms. The monoisotopic (exact) mass is 282 g/mol. The van der Waals surface area contributed by atoms with Crippen LogP contribution in [-0.2, 0) is 18.4 Å². The zero-order valence-electron chi connectivity index (χ0n) is 12.4. The third-order valence-electron chi connectivity index (χ3n) is 3.06. The molecular formula is C13H22N4O3. The van der Waals surface area contributed by atoms with Crippen LogP contribution in [-0.4, -0.2) is 56.1 Å². The van der Waals surface area contributed by atoms with Gasteiger partial charge in [-0.05, 0) is 13.8 Å². The number of carbonyl (C=O) groups is 2. The molecule has 7 nitrogen and oxygen atoms in total. The molecule has 0 radical (unpaired) electrons. The van der Waals surface area contributed by atoms with E-state index in [9.17, 15) is 9.59 Å². The van der Waals surface area contributed by atoms with Crippen molar-refractivity contribution in [2.75, 3.05) is 13.6 Å². The van der Waals surface area contributed by atoms with E-state index in [2.05, 4.69) is 4.98 Å². The molecule has 1 aromatic heterocycles. The molecule has 0 aliphatic heterocycles. The maximum Gasteiger partial charge on any atom is 0.320 e. The van der Waals surface area contributed by atoms with Crippen molar-refractivity contribution in [3.8, 4) is 0 Å². The second-order valence-electron chi connectivity index (χ2n) is 5.02. The van der Waals surface area contributed by atoms with Crippen LogP contribution in [0.15, 0.2) is 12.4 Å². The number of rotatable bonds is 6. The van der Waals surface area contributed by atoms with Crippen LogP contribution in [0.4, 0.5) is 4.79 Å². The summed E-state index contributed by atoms with van der Waals surface area (Å²) in [6.07, 6.45) is 3.44. The Hall–Kier alpha value is -2.05. The fourth-order valence-electron chi connectivity index (χ4n) is 1.84. The lowest BCUT2D eigenvalue weighted by Crippen LogP contribution is -2.45. The van der Waals surface area contributed by atoms with E-state index >= 15 is 0 Å². The summed E-state index contributed by atoms with van der Waals surface area (Å²) in [7, 11) is 3.55. The van der Waals surface area contributed by atoms with Crippen molar-refractivity contribution >= 4 is 12.0 Å². The molecule has 0 aliphatic rings. The lowest BCUT2D eigenvalue weighted by Gasteiger charge is -2.30. The van der Waals surface area contributed by atoms with Crippen molar-refractivity contribution < 1.29 is 14.7 Å². The van der Waals surface area contributed by atoms with Crippen molar-refractivity contribution in [1.29, 1.82) is 0 Å². The molecule has 1 heterocycles. The standard InChI is InChI=1S/C13H22N4O3/c1-10(2)17(7-5-12(18)19)13(20)16(4)9-11-14-6-8-15(11)3/h6,8,10H,5,7,9H2,1-4H3,(H,18,19). The lowest BCUT2D eigenvalue weighted by molar-refractivity contribution is -0.137. The van der Waals surface area contributed by atoms with E-state index in [1.54, 1.807) is 23.0 Å². The maximum atomic E-state index is 12.4. The number of carbonyl (C=O) groups excluding carboxylic acids is 1. The average Bonchev–Trinajstić information content (AvgIpc) is 2.74. The second kappa shape index (κ2) is 6.93. The van der Waals surface area contributed by atoms with Crippen molar-refractivity contribution in [2.24, 2.45) is 7.05 Å². The lowest BCUT2D eigenvalue weighted by atomic mass is 10.3. The van der Waals surface area contributed by atoms with Crippen LogP contribution in [0.25, 0.3) is 0 Å². The molecule has 112 valence electrons. The first-order chi connectivity index (χ1) is 9.32. The van der Waals surface area contributed by atoms with E-state index in [-0.39, 0.29) is 25.0 Å². The van der Waals surface area contributed by atoms with E-state index in [0.29, 0.717) is 6.54 Å². The normalized spacial score (nSPS) is 10.7. The van der Waals surface area contributed by atoms with E-state index in [0.717, 1.165) is 5.82 Å². The molecule has 0 fully saturated rings. The van der Waals surface area contributed by atoms with Crippen LogP contribution in [0.3, 0.4) is 0 Å². The van der Waals surface area contributed by atoms with E-state index < -0.39 is 5.97 Å². The largest absolute Gasteiger partial charge is 0.481 e. The van der Waals surface area contributed by atoms with Crippen LogP contribution in [0.1, 0.15) is 26.1 Å². The molecule has 1 aromatic rings. The minimum absolute atomic E-state index is 0.0503. The fourth-order valence-corrected chi connectivity index (χ4v) is 1.84. The molecule has 0 unspecified atom stereocenters. The van der Waals surface area contributed by atoms with Gasteiger partial charge in [-0.1, -0.05) is 0 Å². The number of aromatic nitrogens is 2. The highest BCUT2D eigenvalue weighted by atomic mass is 16.4. The molecule has 1 N–H and O–H groups in total. The van der Waals surface area contributed by atoms with Gasteiger partial charge in [0.05, 0.1) is 13.0 Å². The van der Waals surface area contributed by atoms with Gasteiger partial charge in [0.25, 0.3) is 0 Å². The van der Waals surface area contributed by atoms with Gasteiger partial charge in [-0.2, -0.15) is 0 Å². The van der Waals surface area contributed by atoms with E-state index in [4.69, 9.17) is 5.11 Å². The van der Waals surface area contributed by atoms with Crippen LogP contribution in [0.5, 0.6) is 0 Å². The molecule has 0 saturated heterocycles. The molecule has 2 amide bonds. The fraction of sp³-hybridized carbons (Fsp3) is 0.615. The smallest absolute Gasteiger partial charge is 0.320 e. The predicted molar refractivity (Wildman–Crippen MR) is 74.2 cm³/mol. The zero-order valence-corrected chi connectivity index (χ0v) is 12.4. The van der Waals surface area contributed by atoms with Crippen LogP contribution >= 0.6 is 0 Å².